The van der Waals surface area contributed by atoms with Gasteiger partial charge in [0.05, 0.1) is 4.90 Å². The van der Waals surface area contributed by atoms with Gasteiger partial charge in [-0.3, -0.25) is 9.78 Å². The third-order valence-electron chi connectivity index (χ3n) is 4.24. The smallest absolute Gasteiger partial charge is 0.257 e. The van der Waals surface area contributed by atoms with Crippen LogP contribution < -0.4 is 10.1 Å². The lowest BCUT2D eigenvalue weighted by Crippen LogP contribution is -2.35. The summed E-state index contributed by atoms with van der Waals surface area (Å²) in [6.45, 7) is -0.401. The fourth-order valence-electron chi connectivity index (χ4n) is 2.70. The van der Waals surface area contributed by atoms with Crippen molar-refractivity contribution in [2.24, 2.45) is 0 Å². The van der Waals surface area contributed by atoms with Gasteiger partial charge in [0.15, 0.2) is 16.4 Å². The van der Waals surface area contributed by atoms with E-state index >= 15 is 0 Å². The van der Waals surface area contributed by atoms with Crippen LogP contribution in [-0.2, 0) is 14.6 Å². The molecule has 1 amide bonds. The lowest BCUT2D eigenvalue weighted by molar-refractivity contribution is -0.123. The van der Waals surface area contributed by atoms with Crippen LogP contribution in [-0.4, -0.2) is 32.5 Å². The van der Waals surface area contributed by atoms with Gasteiger partial charge in [-0.1, -0.05) is 29.3 Å². The van der Waals surface area contributed by atoms with Crippen molar-refractivity contribution in [1.82, 2.24) is 10.3 Å². The van der Waals surface area contributed by atoms with E-state index in [2.05, 4.69) is 10.3 Å². The molecule has 1 aromatic heterocycles. The second kappa shape index (κ2) is 9.93. The van der Waals surface area contributed by atoms with E-state index in [0.29, 0.717) is 21.4 Å². The van der Waals surface area contributed by atoms with E-state index in [9.17, 15) is 13.2 Å². The quantitative estimate of drug-likeness (QED) is 0.542. The van der Waals surface area contributed by atoms with Crippen LogP contribution in [0, 0.1) is 0 Å². The predicted octanol–water partition coefficient (Wildman–Crippen LogP) is 4.10. The van der Waals surface area contributed by atoms with Gasteiger partial charge in [-0.25, -0.2) is 8.42 Å². The van der Waals surface area contributed by atoms with Gasteiger partial charge in [-0.05, 0) is 60.2 Å². The molecule has 0 fully saturated rings. The largest absolute Gasteiger partial charge is 0.484 e. The minimum absolute atomic E-state index is 0.104. The van der Waals surface area contributed by atoms with Crippen LogP contribution in [0.1, 0.15) is 10.8 Å². The average molecular weight is 465 g/mol. The minimum Gasteiger partial charge on any atom is -0.484 e. The van der Waals surface area contributed by atoms with E-state index in [-0.39, 0.29) is 18.0 Å². The van der Waals surface area contributed by atoms with Gasteiger partial charge in [0.1, 0.15) is 11.0 Å². The van der Waals surface area contributed by atoms with Crippen molar-refractivity contribution >= 4 is 38.9 Å². The summed E-state index contributed by atoms with van der Waals surface area (Å²) < 4.78 is 31.8. The standard InChI is InChI=1S/C21H18Cl2N2O4S/c22-16-3-7-18(8-4-16)29-14-21(26)25-13-20(15-2-1-11-24-12-15)30(27,28)19-9-5-17(23)6-10-19/h1-12,20H,13-14H2,(H,25,26). The lowest BCUT2D eigenvalue weighted by Gasteiger charge is -2.19. The molecule has 156 valence electrons. The SMILES string of the molecule is O=C(COc1ccc(Cl)cc1)NCC(c1cccnc1)S(=O)(=O)c1ccc(Cl)cc1. The molecule has 1 heterocycles. The number of hydrogen-bond donors (Lipinski definition) is 1. The fraction of sp³-hybridized carbons (Fsp3) is 0.143. The van der Waals surface area contributed by atoms with Gasteiger partial charge in [-0.2, -0.15) is 0 Å². The van der Waals surface area contributed by atoms with Crippen LogP contribution in [0.4, 0.5) is 0 Å². The Kier molecular flexibility index (Phi) is 7.31. The molecule has 0 saturated heterocycles. The van der Waals surface area contributed by atoms with Crippen LogP contribution in [0.25, 0.3) is 0 Å². The van der Waals surface area contributed by atoms with Gasteiger partial charge in [0.2, 0.25) is 0 Å². The summed E-state index contributed by atoms with van der Waals surface area (Å²) in [4.78, 5) is 16.3. The Bertz CT molecular complexity index is 1090. The van der Waals surface area contributed by atoms with E-state index in [4.69, 9.17) is 27.9 Å². The van der Waals surface area contributed by atoms with Crippen molar-refractivity contribution < 1.29 is 17.9 Å². The highest BCUT2D eigenvalue weighted by Gasteiger charge is 2.30. The number of pyridine rings is 1. The van der Waals surface area contributed by atoms with E-state index in [1.54, 1.807) is 42.6 Å². The van der Waals surface area contributed by atoms with Crippen molar-refractivity contribution in [3.63, 3.8) is 0 Å². The number of benzene rings is 2. The van der Waals surface area contributed by atoms with E-state index in [1.165, 1.54) is 30.5 Å². The Hall–Kier alpha value is -2.61. The molecule has 0 aliphatic carbocycles. The first kappa shape index (κ1) is 22.1. The Labute approximate surface area is 184 Å². The van der Waals surface area contributed by atoms with Crippen LogP contribution >= 0.6 is 23.2 Å². The number of hydrogen-bond acceptors (Lipinski definition) is 5. The summed E-state index contributed by atoms with van der Waals surface area (Å²) >= 11 is 11.7. The Morgan fingerprint density at radius 3 is 2.23 bits per heavy atom. The summed E-state index contributed by atoms with van der Waals surface area (Å²) in [5, 5.41) is 2.59. The van der Waals surface area contributed by atoms with Gasteiger partial charge < -0.3 is 10.1 Å². The molecule has 1 unspecified atom stereocenters. The van der Waals surface area contributed by atoms with Crippen molar-refractivity contribution in [1.29, 1.82) is 0 Å². The fourth-order valence-corrected chi connectivity index (χ4v) is 4.60. The molecule has 0 aliphatic rings. The van der Waals surface area contributed by atoms with Crippen LogP contribution in [0.15, 0.2) is 78.0 Å². The number of carbonyl (C=O) groups excluding carboxylic acids is 1. The summed E-state index contributed by atoms with van der Waals surface area (Å²) in [7, 11) is -3.81. The Morgan fingerprint density at radius 2 is 1.63 bits per heavy atom. The highest BCUT2D eigenvalue weighted by Crippen LogP contribution is 2.29. The zero-order valence-corrected chi connectivity index (χ0v) is 18.0. The number of rotatable bonds is 8. The summed E-state index contributed by atoms with van der Waals surface area (Å²) in [5.41, 5.74) is 0.464. The topological polar surface area (TPSA) is 85.4 Å². The predicted molar refractivity (Wildman–Crippen MR) is 116 cm³/mol. The summed E-state index contributed by atoms with van der Waals surface area (Å²) in [5.74, 6) is 0.0253. The molecule has 1 N–H and O–H groups in total. The maximum absolute atomic E-state index is 13.2. The first-order valence-electron chi connectivity index (χ1n) is 8.91. The zero-order valence-electron chi connectivity index (χ0n) is 15.7. The average Bonchev–Trinajstić information content (AvgIpc) is 2.74. The first-order chi connectivity index (χ1) is 14.4. The third kappa shape index (κ3) is 5.72. The summed E-state index contributed by atoms with van der Waals surface area (Å²) in [6, 6.07) is 15.8. The highest BCUT2D eigenvalue weighted by molar-refractivity contribution is 7.91. The second-order valence-electron chi connectivity index (χ2n) is 6.32. The number of nitrogens with zero attached hydrogens (tertiary/aromatic N) is 1. The minimum atomic E-state index is -3.81. The van der Waals surface area contributed by atoms with E-state index in [1.807, 2.05) is 0 Å². The van der Waals surface area contributed by atoms with E-state index < -0.39 is 21.0 Å². The maximum Gasteiger partial charge on any atom is 0.257 e. The molecule has 0 spiro atoms. The van der Waals surface area contributed by atoms with Crippen LogP contribution in [0.3, 0.4) is 0 Å². The number of sulfone groups is 1. The van der Waals surface area contributed by atoms with Gasteiger partial charge in [0, 0.05) is 29.0 Å². The molecule has 30 heavy (non-hydrogen) atoms. The molecule has 0 radical (unpaired) electrons. The van der Waals surface area contributed by atoms with Crippen LogP contribution in [0.2, 0.25) is 10.0 Å². The van der Waals surface area contributed by atoms with Gasteiger partial charge in [0.25, 0.3) is 5.91 Å². The molecule has 0 bridgehead atoms. The molecule has 0 saturated carbocycles. The lowest BCUT2D eigenvalue weighted by atomic mass is 10.2. The molecular formula is C21H18Cl2N2O4S. The molecule has 9 heteroatoms. The number of nitrogens with one attached hydrogen (secondary N) is 1. The number of halogens is 2. The Morgan fingerprint density at radius 1 is 1.00 bits per heavy atom. The number of carbonyl (C=O) groups is 1. The number of ether oxygens (including phenoxy) is 1. The number of amides is 1. The zero-order chi connectivity index (χ0) is 21.6. The second-order valence-corrected chi connectivity index (χ2v) is 9.32. The van der Waals surface area contributed by atoms with Crippen molar-refractivity contribution in [3.05, 3.63) is 88.7 Å². The van der Waals surface area contributed by atoms with Crippen molar-refractivity contribution in [3.8, 4) is 5.75 Å². The first-order valence-corrected chi connectivity index (χ1v) is 11.2. The highest BCUT2D eigenvalue weighted by atomic mass is 35.5. The molecule has 6 nitrogen and oxygen atoms in total. The van der Waals surface area contributed by atoms with Crippen molar-refractivity contribution in [2.75, 3.05) is 13.2 Å². The molecule has 3 rings (SSSR count). The van der Waals surface area contributed by atoms with Gasteiger partial charge >= 0.3 is 0 Å². The molecule has 1 atom stereocenters. The van der Waals surface area contributed by atoms with Crippen LogP contribution in [0.5, 0.6) is 5.75 Å². The van der Waals surface area contributed by atoms with Crippen molar-refractivity contribution in [2.45, 2.75) is 10.1 Å². The summed E-state index contributed by atoms with van der Waals surface area (Å²) in [6.07, 6.45) is 3.02. The van der Waals surface area contributed by atoms with E-state index in [0.717, 1.165) is 0 Å². The molecule has 0 aliphatic heterocycles. The molecule has 2 aromatic carbocycles. The van der Waals surface area contributed by atoms with Gasteiger partial charge in [-0.15, -0.1) is 0 Å². The normalized spacial score (nSPS) is 12.2. The Balaban J connectivity index is 1.72. The molecule has 3 aromatic rings. The number of aromatic nitrogens is 1. The monoisotopic (exact) mass is 464 g/mol. The maximum atomic E-state index is 13.2. The third-order valence-corrected chi connectivity index (χ3v) is 6.86. The molecular weight excluding hydrogens is 447 g/mol.